The van der Waals surface area contributed by atoms with Gasteiger partial charge in [0.25, 0.3) is 0 Å². The molecule has 1 aromatic carbocycles. The Bertz CT molecular complexity index is 361. The maximum absolute atomic E-state index is 10.5. The second kappa shape index (κ2) is 3.34. The molecule has 1 unspecified atom stereocenters. The monoisotopic (exact) mass is 204 g/mol. The van der Waals surface area contributed by atoms with E-state index in [9.17, 15) is 5.11 Å². The van der Waals surface area contributed by atoms with Crippen molar-refractivity contribution in [2.45, 2.75) is 45.6 Å². The fraction of sp³-hybridized carbons (Fsp3) is 0.571. The van der Waals surface area contributed by atoms with Crippen LogP contribution in [0.3, 0.4) is 0 Å². The van der Waals surface area contributed by atoms with Crippen molar-refractivity contribution in [1.82, 2.24) is 0 Å². The summed E-state index contributed by atoms with van der Waals surface area (Å²) in [6, 6.07) is 8.43. The lowest BCUT2D eigenvalue weighted by Crippen LogP contribution is -2.36. The number of hydrogen-bond donors (Lipinski definition) is 1. The Balaban J connectivity index is 2.14. The Hall–Kier alpha value is -0.820. The van der Waals surface area contributed by atoms with Crippen LogP contribution in [0.1, 0.15) is 37.8 Å². The summed E-state index contributed by atoms with van der Waals surface area (Å²) >= 11 is 0. The zero-order valence-electron chi connectivity index (χ0n) is 9.88. The molecule has 1 heteroatoms. The molecule has 0 saturated heterocycles. The highest BCUT2D eigenvalue weighted by Gasteiger charge is 2.51. The van der Waals surface area contributed by atoms with Gasteiger partial charge in [0.1, 0.15) is 0 Å². The van der Waals surface area contributed by atoms with Crippen LogP contribution in [0.5, 0.6) is 0 Å². The molecule has 0 spiro atoms. The molecule has 1 atom stereocenters. The third-order valence-corrected chi connectivity index (χ3v) is 3.93. The zero-order valence-corrected chi connectivity index (χ0v) is 9.88. The maximum Gasteiger partial charge on any atom is 0.0713 e. The number of benzene rings is 1. The van der Waals surface area contributed by atoms with Crippen LogP contribution in [0.2, 0.25) is 0 Å². The first-order valence-electron chi connectivity index (χ1n) is 5.71. The molecule has 0 amide bonds. The summed E-state index contributed by atoms with van der Waals surface area (Å²) in [6.45, 7) is 6.25. The molecule has 1 nitrogen and oxygen atoms in total. The zero-order chi connectivity index (χ0) is 11.1. The van der Waals surface area contributed by atoms with Crippen LogP contribution in [0.15, 0.2) is 24.3 Å². The van der Waals surface area contributed by atoms with Gasteiger partial charge in [0.2, 0.25) is 0 Å². The van der Waals surface area contributed by atoms with Gasteiger partial charge in [-0.05, 0) is 37.7 Å². The van der Waals surface area contributed by atoms with Gasteiger partial charge >= 0.3 is 0 Å². The quantitative estimate of drug-likeness (QED) is 0.802. The summed E-state index contributed by atoms with van der Waals surface area (Å²) < 4.78 is 0. The summed E-state index contributed by atoms with van der Waals surface area (Å²) in [6.07, 6.45) is 3.09. The van der Waals surface area contributed by atoms with E-state index < -0.39 is 5.60 Å². The highest BCUT2D eigenvalue weighted by atomic mass is 16.3. The highest BCUT2D eigenvalue weighted by molar-refractivity contribution is 5.24. The molecule has 1 aliphatic carbocycles. The minimum Gasteiger partial charge on any atom is -0.389 e. The lowest BCUT2D eigenvalue weighted by molar-refractivity contribution is -0.00702. The van der Waals surface area contributed by atoms with E-state index in [-0.39, 0.29) is 5.41 Å². The Morgan fingerprint density at radius 2 is 2.07 bits per heavy atom. The molecule has 1 fully saturated rings. The first kappa shape index (κ1) is 10.7. The lowest BCUT2D eigenvalue weighted by Gasteiger charge is -2.30. The third-order valence-electron chi connectivity index (χ3n) is 3.93. The number of aliphatic hydroxyl groups is 1. The van der Waals surface area contributed by atoms with E-state index in [4.69, 9.17) is 0 Å². The van der Waals surface area contributed by atoms with Crippen molar-refractivity contribution >= 4 is 0 Å². The molecule has 1 aromatic rings. The van der Waals surface area contributed by atoms with Crippen LogP contribution in [-0.2, 0) is 6.42 Å². The highest BCUT2D eigenvalue weighted by Crippen LogP contribution is 2.54. The van der Waals surface area contributed by atoms with Gasteiger partial charge in [-0.3, -0.25) is 0 Å². The van der Waals surface area contributed by atoms with Gasteiger partial charge in [0.05, 0.1) is 5.60 Å². The van der Waals surface area contributed by atoms with E-state index in [0.717, 1.165) is 19.3 Å². The number of hydrogen-bond acceptors (Lipinski definition) is 1. The van der Waals surface area contributed by atoms with Crippen molar-refractivity contribution in [3.05, 3.63) is 35.4 Å². The second-order valence-electron chi connectivity index (χ2n) is 5.50. The van der Waals surface area contributed by atoms with Gasteiger partial charge < -0.3 is 5.11 Å². The molecule has 0 bridgehead atoms. The molecule has 1 saturated carbocycles. The summed E-state index contributed by atoms with van der Waals surface area (Å²) in [7, 11) is 0. The molecule has 2 rings (SSSR count). The van der Waals surface area contributed by atoms with Gasteiger partial charge in [0, 0.05) is 6.42 Å². The first-order chi connectivity index (χ1) is 6.93. The van der Waals surface area contributed by atoms with E-state index in [2.05, 4.69) is 38.1 Å². The van der Waals surface area contributed by atoms with Gasteiger partial charge in [-0.2, -0.15) is 0 Å². The molecule has 0 aromatic heterocycles. The topological polar surface area (TPSA) is 20.2 Å². The fourth-order valence-corrected chi connectivity index (χ4v) is 2.16. The number of rotatable bonds is 3. The Labute approximate surface area is 92.1 Å². The number of aryl methyl sites for hydroxylation is 1. The van der Waals surface area contributed by atoms with E-state index >= 15 is 0 Å². The molecule has 82 valence electrons. The first-order valence-corrected chi connectivity index (χ1v) is 5.71. The second-order valence-corrected chi connectivity index (χ2v) is 5.50. The predicted molar refractivity (Wildman–Crippen MR) is 62.8 cm³/mol. The van der Waals surface area contributed by atoms with E-state index in [0.29, 0.717) is 0 Å². The fourth-order valence-electron chi connectivity index (χ4n) is 2.16. The molecule has 0 heterocycles. The Kier molecular flexibility index (Phi) is 2.38. The van der Waals surface area contributed by atoms with E-state index in [1.54, 1.807) is 0 Å². The smallest absolute Gasteiger partial charge is 0.0713 e. The standard InChI is InChI=1S/C14H20O/c1-11-5-4-6-12(9-11)10-14(3,15)13(2)7-8-13/h4-6,9,15H,7-8,10H2,1-3H3. The van der Waals surface area contributed by atoms with Crippen LogP contribution in [0.4, 0.5) is 0 Å². The van der Waals surface area contributed by atoms with Crippen molar-refractivity contribution < 1.29 is 5.11 Å². The molecule has 1 aliphatic rings. The van der Waals surface area contributed by atoms with E-state index in [1.165, 1.54) is 11.1 Å². The summed E-state index contributed by atoms with van der Waals surface area (Å²) in [5.41, 5.74) is 2.11. The van der Waals surface area contributed by atoms with Gasteiger partial charge in [0.15, 0.2) is 0 Å². The molecule has 15 heavy (non-hydrogen) atoms. The minimum atomic E-state index is -0.555. The van der Waals surface area contributed by atoms with Crippen molar-refractivity contribution in [1.29, 1.82) is 0 Å². The van der Waals surface area contributed by atoms with Crippen molar-refractivity contribution in [2.75, 3.05) is 0 Å². The van der Waals surface area contributed by atoms with Gasteiger partial charge in [-0.1, -0.05) is 36.8 Å². The summed E-state index contributed by atoms with van der Waals surface area (Å²) in [4.78, 5) is 0. The predicted octanol–water partition coefficient (Wildman–Crippen LogP) is 3.09. The van der Waals surface area contributed by atoms with Crippen LogP contribution >= 0.6 is 0 Å². The molecule has 0 radical (unpaired) electrons. The molecule has 0 aliphatic heterocycles. The Morgan fingerprint density at radius 3 is 2.60 bits per heavy atom. The molecular weight excluding hydrogens is 184 g/mol. The average molecular weight is 204 g/mol. The van der Waals surface area contributed by atoms with Crippen LogP contribution in [0.25, 0.3) is 0 Å². The third kappa shape index (κ3) is 2.07. The SMILES string of the molecule is Cc1cccc(CC(C)(O)C2(C)CC2)c1. The van der Waals surface area contributed by atoms with Gasteiger partial charge in [-0.25, -0.2) is 0 Å². The van der Waals surface area contributed by atoms with Crippen molar-refractivity contribution in [3.63, 3.8) is 0 Å². The van der Waals surface area contributed by atoms with Crippen molar-refractivity contribution in [2.24, 2.45) is 5.41 Å². The van der Waals surface area contributed by atoms with E-state index in [1.807, 2.05) is 6.92 Å². The minimum absolute atomic E-state index is 0.150. The van der Waals surface area contributed by atoms with Crippen LogP contribution < -0.4 is 0 Å². The Morgan fingerprint density at radius 1 is 1.40 bits per heavy atom. The summed E-state index contributed by atoms with van der Waals surface area (Å²) in [5.74, 6) is 0. The normalized spacial score (nSPS) is 22.1. The van der Waals surface area contributed by atoms with Gasteiger partial charge in [-0.15, -0.1) is 0 Å². The van der Waals surface area contributed by atoms with Crippen molar-refractivity contribution in [3.8, 4) is 0 Å². The maximum atomic E-state index is 10.5. The largest absolute Gasteiger partial charge is 0.389 e. The van der Waals surface area contributed by atoms with Crippen LogP contribution in [-0.4, -0.2) is 10.7 Å². The summed E-state index contributed by atoms with van der Waals surface area (Å²) in [5, 5.41) is 10.5. The van der Waals surface area contributed by atoms with Crippen LogP contribution in [0, 0.1) is 12.3 Å². The molecule has 1 N–H and O–H groups in total. The average Bonchev–Trinajstić information content (AvgIpc) is 2.84. The lowest BCUT2D eigenvalue weighted by atomic mass is 9.82. The molecular formula is C14H20O.